The largest absolute Gasteiger partial charge is 0.378 e. The van der Waals surface area contributed by atoms with E-state index in [4.69, 9.17) is 10.5 Å². The van der Waals surface area contributed by atoms with E-state index >= 15 is 0 Å². The summed E-state index contributed by atoms with van der Waals surface area (Å²) in [5, 5.41) is 0. The van der Waals surface area contributed by atoms with Gasteiger partial charge in [0.25, 0.3) is 0 Å². The standard InChI is InChI=1S/C13H28N2O/c1-5-8-15(9-7-14)11-10-12(16-6-2)13(11,3)4/h11-12H,5-10,14H2,1-4H3. The van der Waals surface area contributed by atoms with Crippen LogP contribution in [0.5, 0.6) is 0 Å². The Balaban J connectivity index is 2.53. The molecule has 0 amide bonds. The summed E-state index contributed by atoms with van der Waals surface area (Å²) in [5.41, 5.74) is 5.96. The summed E-state index contributed by atoms with van der Waals surface area (Å²) in [6, 6.07) is 0.646. The molecule has 0 aromatic heterocycles. The van der Waals surface area contributed by atoms with E-state index in [0.29, 0.717) is 12.1 Å². The van der Waals surface area contributed by atoms with Crippen LogP contribution < -0.4 is 5.73 Å². The molecule has 0 saturated heterocycles. The normalized spacial score (nSPS) is 28.1. The Morgan fingerprint density at radius 3 is 2.44 bits per heavy atom. The van der Waals surface area contributed by atoms with Gasteiger partial charge in [0.05, 0.1) is 6.10 Å². The van der Waals surface area contributed by atoms with Gasteiger partial charge in [0.15, 0.2) is 0 Å². The first-order chi connectivity index (χ1) is 7.57. The van der Waals surface area contributed by atoms with E-state index in [1.807, 2.05) is 0 Å². The molecule has 2 atom stereocenters. The smallest absolute Gasteiger partial charge is 0.0655 e. The van der Waals surface area contributed by atoms with Gasteiger partial charge in [-0.2, -0.15) is 0 Å². The van der Waals surface area contributed by atoms with Crippen molar-refractivity contribution in [3.63, 3.8) is 0 Å². The number of hydrogen-bond acceptors (Lipinski definition) is 3. The van der Waals surface area contributed by atoms with Gasteiger partial charge in [-0.05, 0) is 26.3 Å². The number of rotatable bonds is 7. The summed E-state index contributed by atoms with van der Waals surface area (Å²) in [5.74, 6) is 0. The molecule has 0 heterocycles. The molecule has 1 fully saturated rings. The van der Waals surface area contributed by atoms with Crippen molar-refractivity contribution in [1.29, 1.82) is 0 Å². The van der Waals surface area contributed by atoms with Crippen molar-refractivity contribution in [3.05, 3.63) is 0 Å². The van der Waals surface area contributed by atoms with Crippen LogP contribution in [0, 0.1) is 5.41 Å². The van der Waals surface area contributed by atoms with Crippen LogP contribution in [0.4, 0.5) is 0 Å². The van der Waals surface area contributed by atoms with Crippen molar-refractivity contribution >= 4 is 0 Å². The van der Waals surface area contributed by atoms with E-state index in [0.717, 1.165) is 26.2 Å². The molecule has 3 heteroatoms. The molecule has 0 aromatic carbocycles. The third-order valence-electron chi connectivity index (χ3n) is 3.86. The predicted octanol–water partition coefficient (Wildman–Crippen LogP) is 1.86. The molecule has 0 bridgehead atoms. The average molecular weight is 228 g/mol. The van der Waals surface area contributed by atoms with E-state index < -0.39 is 0 Å². The lowest BCUT2D eigenvalue weighted by atomic mass is 9.63. The van der Waals surface area contributed by atoms with Gasteiger partial charge in [-0.1, -0.05) is 20.8 Å². The minimum atomic E-state index is 0.278. The Labute approximate surface area is 100 Å². The van der Waals surface area contributed by atoms with Crippen molar-refractivity contribution in [2.45, 2.75) is 52.7 Å². The van der Waals surface area contributed by atoms with Crippen molar-refractivity contribution in [1.82, 2.24) is 4.90 Å². The predicted molar refractivity (Wildman–Crippen MR) is 68.5 cm³/mol. The summed E-state index contributed by atoms with van der Waals surface area (Å²) in [6.45, 7) is 12.7. The summed E-state index contributed by atoms with van der Waals surface area (Å²) in [6.07, 6.45) is 2.80. The van der Waals surface area contributed by atoms with Gasteiger partial charge in [-0.3, -0.25) is 4.90 Å². The summed E-state index contributed by atoms with van der Waals surface area (Å²) < 4.78 is 5.77. The Hall–Kier alpha value is -0.120. The molecule has 0 aromatic rings. The maximum atomic E-state index is 5.77. The quantitative estimate of drug-likeness (QED) is 0.723. The van der Waals surface area contributed by atoms with Crippen molar-refractivity contribution < 1.29 is 4.74 Å². The highest BCUT2D eigenvalue weighted by Crippen LogP contribution is 2.45. The van der Waals surface area contributed by atoms with Gasteiger partial charge < -0.3 is 10.5 Å². The number of nitrogens with two attached hydrogens (primary N) is 1. The molecule has 3 nitrogen and oxygen atoms in total. The van der Waals surface area contributed by atoms with Crippen molar-refractivity contribution in [3.8, 4) is 0 Å². The van der Waals surface area contributed by atoms with E-state index in [1.54, 1.807) is 0 Å². The van der Waals surface area contributed by atoms with Crippen molar-refractivity contribution in [2.75, 3.05) is 26.2 Å². The van der Waals surface area contributed by atoms with E-state index in [9.17, 15) is 0 Å². The first-order valence-corrected chi connectivity index (χ1v) is 6.63. The monoisotopic (exact) mass is 228 g/mol. The molecule has 0 spiro atoms. The summed E-state index contributed by atoms with van der Waals surface area (Å²) in [7, 11) is 0. The molecule has 2 unspecified atom stereocenters. The highest BCUT2D eigenvalue weighted by atomic mass is 16.5. The highest BCUT2D eigenvalue weighted by Gasteiger charge is 2.50. The maximum Gasteiger partial charge on any atom is 0.0655 e. The molecule has 1 rings (SSSR count). The lowest BCUT2D eigenvalue weighted by Gasteiger charge is -2.56. The van der Waals surface area contributed by atoms with Gasteiger partial charge in [0, 0.05) is 31.2 Å². The fraction of sp³-hybridized carbons (Fsp3) is 1.00. The minimum absolute atomic E-state index is 0.278. The van der Waals surface area contributed by atoms with E-state index in [-0.39, 0.29) is 5.41 Å². The second-order valence-electron chi connectivity index (χ2n) is 5.34. The molecule has 0 radical (unpaired) electrons. The summed E-state index contributed by atoms with van der Waals surface area (Å²) >= 11 is 0. The molecule has 1 saturated carbocycles. The Morgan fingerprint density at radius 2 is 2.00 bits per heavy atom. The van der Waals surface area contributed by atoms with Gasteiger partial charge in [-0.15, -0.1) is 0 Å². The number of ether oxygens (including phenoxy) is 1. The van der Waals surface area contributed by atoms with Crippen molar-refractivity contribution in [2.24, 2.45) is 11.1 Å². The minimum Gasteiger partial charge on any atom is -0.378 e. The second kappa shape index (κ2) is 5.99. The van der Waals surface area contributed by atoms with Crippen LogP contribution in [-0.4, -0.2) is 43.3 Å². The van der Waals surface area contributed by atoms with Crippen LogP contribution >= 0.6 is 0 Å². The van der Waals surface area contributed by atoms with Gasteiger partial charge in [0.1, 0.15) is 0 Å². The Morgan fingerprint density at radius 1 is 1.31 bits per heavy atom. The van der Waals surface area contributed by atoms with E-state index in [1.165, 1.54) is 12.8 Å². The van der Waals surface area contributed by atoms with Gasteiger partial charge in [-0.25, -0.2) is 0 Å². The zero-order chi connectivity index (χ0) is 12.2. The Kier molecular flexibility index (Phi) is 5.22. The van der Waals surface area contributed by atoms with Crippen LogP contribution in [0.25, 0.3) is 0 Å². The first kappa shape index (κ1) is 13.9. The fourth-order valence-electron chi connectivity index (χ4n) is 2.84. The lowest BCUT2D eigenvalue weighted by molar-refractivity contribution is -0.149. The summed E-state index contributed by atoms with van der Waals surface area (Å²) in [4.78, 5) is 2.54. The average Bonchev–Trinajstić information content (AvgIpc) is 2.24. The zero-order valence-corrected chi connectivity index (χ0v) is 11.3. The van der Waals surface area contributed by atoms with Gasteiger partial charge >= 0.3 is 0 Å². The van der Waals surface area contributed by atoms with E-state index in [2.05, 4.69) is 32.6 Å². The van der Waals surface area contributed by atoms with Gasteiger partial charge in [0.2, 0.25) is 0 Å². The van der Waals surface area contributed by atoms with Crippen LogP contribution in [-0.2, 0) is 4.74 Å². The molecular formula is C13H28N2O. The van der Waals surface area contributed by atoms with Crippen LogP contribution in [0.3, 0.4) is 0 Å². The number of nitrogens with zero attached hydrogens (tertiary/aromatic N) is 1. The lowest BCUT2D eigenvalue weighted by Crippen LogP contribution is -2.62. The first-order valence-electron chi connectivity index (χ1n) is 6.63. The molecule has 1 aliphatic rings. The zero-order valence-electron chi connectivity index (χ0n) is 11.3. The second-order valence-corrected chi connectivity index (χ2v) is 5.34. The molecule has 96 valence electrons. The molecule has 0 aliphatic heterocycles. The van der Waals surface area contributed by atoms with Crippen LogP contribution in [0.1, 0.15) is 40.5 Å². The molecular weight excluding hydrogens is 200 g/mol. The third-order valence-corrected chi connectivity index (χ3v) is 3.86. The SMILES string of the molecule is CCCN(CCN)C1CC(OCC)C1(C)C. The number of hydrogen-bond donors (Lipinski definition) is 1. The van der Waals surface area contributed by atoms with Crippen LogP contribution in [0.15, 0.2) is 0 Å². The highest BCUT2D eigenvalue weighted by molar-refractivity contribution is 5.03. The molecule has 2 N–H and O–H groups in total. The topological polar surface area (TPSA) is 38.5 Å². The Bertz CT molecular complexity index is 200. The fourth-order valence-corrected chi connectivity index (χ4v) is 2.84. The van der Waals surface area contributed by atoms with Crippen LogP contribution in [0.2, 0.25) is 0 Å². The third kappa shape index (κ3) is 2.76. The molecule has 1 aliphatic carbocycles. The molecule has 16 heavy (non-hydrogen) atoms. The maximum absolute atomic E-state index is 5.77.